The second-order valence-corrected chi connectivity index (χ2v) is 28.7. The van der Waals surface area contributed by atoms with E-state index in [9.17, 15) is 43.2 Å². The second kappa shape index (κ2) is 81.6. The van der Waals surface area contributed by atoms with Gasteiger partial charge in [0, 0.05) is 25.7 Å². The molecule has 0 aromatic carbocycles. The van der Waals surface area contributed by atoms with Crippen LogP contribution >= 0.6 is 15.6 Å². The fourth-order valence-electron chi connectivity index (χ4n) is 9.46. The molecule has 0 saturated carbocycles. The number of hydrogen-bond donors (Lipinski definition) is 3. The smallest absolute Gasteiger partial charge is 0.462 e. The normalized spacial score (nSPS) is 15.1. The van der Waals surface area contributed by atoms with Gasteiger partial charge in [-0.2, -0.15) is 0 Å². The Bertz CT molecular complexity index is 3140. The number of phosphoric acid groups is 2. The van der Waals surface area contributed by atoms with E-state index in [2.05, 4.69) is 240 Å². The Kier molecular flexibility index (Phi) is 76.2. The summed E-state index contributed by atoms with van der Waals surface area (Å²) < 4.78 is 68.5. The van der Waals surface area contributed by atoms with E-state index < -0.39 is 97.5 Å². The Morgan fingerprint density at radius 1 is 0.250 bits per heavy atom. The van der Waals surface area contributed by atoms with E-state index in [-0.39, 0.29) is 25.7 Å². The number of aliphatic hydroxyl groups excluding tert-OH is 1. The molecule has 0 aliphatic rings. The van der Waals surface area contributed by atoms with Crippen molar-refractivity contribution in [3.05, 3.63) is 255 Å². The summed E-state index contributed by atoms with van der Waals surface area (Å²) in [6.45, 7) is 4.10. The van der Waals surface area contributed by atoms with Crippen molar-refractivity contribution in [2.24, 2.45) is 0 Å². The van der Waals surface area contributed by atoms with Crippen LogP contribution in [0.5, 0.6) is 0 Å². The van der Waals surface area contributed by atoms with Crippen molar-refractivity contribution in [2.75, 3.05) is 39.6 Å². The summed E-state index contributed by atoms with van der Waals surface area (Å²) in [6, 6.07) is 0. The number of carbonyl (C=O) groups excluding carboxylic acids is 4. The number of allylic oxidation sites excluding steroid dienone is 42. The van der Waals surface area contributed by atoms with Gasteiger partial charge in [0.2, 0.25) is 0 Å². The predicted octanol–water partition coefficient (Wildman–Crippen LogP) is 24.5. The maximum absolute atomic E-state index is 13.1. The van der Waals surface area contributed by atoms with Crippen LogP contribution in [0.15, 0.2) is 255 Å². The van der Waals surface area contributed by atoms with Gasteiger partial charge >= 0.3 is 39.5 Å². The molecule has 624 valence electrons. The highest BCUT2D eigenvalue weighted by molar-refractivity contribution is 7.47. The Morgan fingerprint density at radius 2 is 0.464 bits per heavy atom. The van der Waals surface area contributed by atoms with E-state index in [0.717, 1.165) is 148 Å². The van der Waals surface area contributed by atoms with Crippen LogP contribution in [-0.2, 0) is 65.4 Å². The van der Waals surface area contributed by atoms with Crippen molar-refractivity contribution < 1.29 is 80.2 Å². The molecule has 0 bridgehead atoms. The largest absolute Gasteiger partial charge is 0.472 e. The van der Waals surface area contributed by atoms with E-state index in [1.54, 1.807) is 0 Å². The number of esters is 4. The van der Waals surface area contributed by atoms with Gasteiger partial charge in [-0.05, 0) is 186 Å². The van der Waals surface area contributed by atoms with Crippen LogP contribution in [0.2, 0.25) is 0 Å². The number of rotatable bonds is 73. The minimum absolute atomic E-state index is 0.0105. The Balaban J connectivity index is 5.63. The number of carbonyl (C=O) groups is 4. The molecular weight excluding hydrogens is 1450 g/mol. The van der Waals surface area contributed by atoms with Crippen LogP contribution in [0, 0.1) is 0 Å². The molecule has 0 radical (unpaired) electrons. The first-order chi connectivity index (χ1) is 54.7. The van der Waals surface area contributed by atoms with Crippen molar-refractivity contribution in [1.29, 1.82) is 0 Å². The van der Waals surface area contributed by atoms with Gasteiger partial charge in [0.15, 0.2) is 12.2 Å². The van der Waals surface area contributed by atoms with Gasteiger partial charge in [0.1, 0.15) is 19.3 Å². The zero-order valence-electron chi connectivity index (χ0n) is 68.2. The van der Waals surface area contributed by atoms with Crippen molar-refractivity contribution >= 4 is 39.5 Å². The minimum Gasteiger partial charge on any atom is -0.462 e. The van der Waals surface area contributed by atoms with E-state index >= 15 is 0 Å². The number of aliphatic hydroxyl groups is 1. The molecule has 0 aromatic rings. The van der Waals surface area contributed by atoms with E-state index in [1.165, 1.54) is 0 Å². The van der Waals surface area contributed by atoms with Gasteiger partial charge in [-0.1, -0.05) is 289 Å². The van der Waals surface area contributed by atoms with Crippen molar-refractivity contribution in [3.8, 4) is 0 Å². The average Bonchev–Trinajstić information content (AvgIpc) is 0.898. The second-order valence-electron chi connectivity index (χ2n) is 25.8. The average molecular weight is 1590 g/mol. The molecule has 0 saturated heterocycles. The summed E-state index contributed by atoms with van der Waals surface area (Å²) in [5.74, 6) is -2.49. The lowest BCUT2D eigenvalue weighted by molar-refractivity contribution is -0.161. The molecule has 0 rings (SSSR count). The SMILES string of the molecule is CC/C=C\C/C=C\C/C=C\C/C=C\C/C=C\C/C=C\CCC(=O)OCC(COP(=O)(O)OCC(O)COP(=O)(O)OCC(COC(=O)CCC/C=C\C/C=C\C/C=C\C/C=C\C/C=C\CC)OC(=O)CCC/C=C\C/C=C\C/C=C\C/C=C\C/C=C\CC)OC(=O)CCCCC/C=C\C/C=C\C/C=C\C/C=C\C/C=C\CC. The monoisotopic (exact) mass is 1590 g/mol. The molecule has 0 spiro atoms. The van der Waals surface area contributed by atoms with E-state index in [4.69, 9.17) is 37.0 Å². The van der Waals surface area contributed by atoms with Gasteiger partial charge in [-0.15, -0.1) is 0 Å². The fourth-order valence-corrected chi connectivity index (χ4v) is 11.0. The molecule has 3 N–H and O–H groups in total. The first-order valence-corrected chi connectivity index (χ1v) is 43.9. The molecule has 19 heteroatoms. The molecule has 0 amide bonds. The highest BCUT2D eigenvalue weighted by Gasteiger charge is 2.30. The predicted molar refractivity (Wildman–Crippen MR) is 463 cm³/mol. The molecule has 0 aliphatic heterocycles. The zero-order chi connectivity index (χ0) is 81.7. The molecule has 0 heterocycles. The molecule has 0 aromatic heterocycles. The maximum Gasteiger partial charge on any atom is 0.472 e. The highest BCUT2D eigenvalue weighted by atomic mass is 31.2. The third kappa shape index (κ3) is 80.6. The van der Waals surface area contributed by atoms with Gasteiger partial charge in [-0.3, -0.25) is 37.3 Å². The van der Waals surface area contributed by atoms with Crippen LogP contribution in [0.1, 0.15) is 246 Å². The van der Waals surface area contributed by atoms with E-state index in [1.807, 2.05) is 42.5 Å². The quantitative estimate of drug-likeness (QED) is 0.0169. The topological polar surface area (TPSA) is 237 Å². The standard InChI is InChI=1S/C93H140O17P2/c1-5-9-13-17-21-25-29-33-37-41-43-47-50-54-58-62-66-70-74-78-91(96)104-84-89(110-93(98)80-76-72-68-64-60-56-52-48-44-42-38-34-30-26-22-18-14-10-6-2)86-108-112(101,102)106-82-87(94)81-105-111(99,100)107-85-88(109-92(97)79-75-71-67-63-59-55-51-46-40-36-32-28-24-20-16-12-8-4)83-103-90(95)77-73-69-65-61-57-53-49-45-39-35-31-27-23-19-15-11-7-3/h9-16,21-28,33-40,43-44,47-49,51,53-56,58,60-61,63,65-67,70,87-89,94H,5-8,17-20,29-32,41-42,45-46,50,52,57,59,62,64,68-69,71-86H2,1-4H3,(H,99,100)(H,101,102)/b13-9-,14-10-,15-11-,16-12-,25-21-,26-22-,27-23-,28-24-,37-33-,38-34-,39-35-,40-36-,47-43-,48-44-,53-49-,55-51-,58-54-,60-56-,65-61-,67-63-,70-66-. The summed E-state index contributed by atoms with van der Waals surface area (Å²) in [6.07, 6.45) is 108. The lowest BCUT2D eigenvalue weighted by Gasteiger charge is -2.21. The molecule has 112 heavy (non-hydrogen) atoms. The van der Waals surface area contributed by atoms with Crippen molar-refractivity contribution in [2.45, 2.75) is 264 Å². The molecule has 5 unspecified atom stereocenters. The zero-order valence-corrected chi connectivity index (χ0v) is 70.0. The Morgan fingerprint density at radius 3 is 0.741 bits per heavy atom. The third-order valence-corrected chi connectivity index (χ3v) is 17.4. The number of phosphoric ester groups is 2. The fraction of sp³-hybridized carbons (Fsp3) is 0.505. The summed E-state index contributed by atoms with van der Waals surface area (Å²) in [4.78, 5) is 73.1. The van der Waals surface area contributed by atoms with Crippen LogP contribution in [0.3, 0.4) is 0 Å². The molecular formula is C93H140O17P2. The number of hydrogen-bond acceptors (Lipinski definition) is 15. The number of ether oxygens (including phenoxy) is 4. The van der Waals surface area contributed by atoms with Crippen molar-refractivity contribution in [1.82, 2.24) is 0 Å². The van der Waals surface area contributed by atoms with Crippen molar-refractivity contribution in [3.63, 3.8) is 0 Å². The van der Waals surface area contributed by atoms with Crippen LogP contribution in [0.4, 0.5) is 0 Å². The highest BCUT2D eigenvalue weighted by Crippen LogP contribution is 2.45. The van der Waals surface area contributed by atoms with Gasteiger partial charge in [-0.25, -0.2) is 9.13 Å². The molecule has 0 aliphatic carbocycles. The lowest BCUT2D eigenvalue weighted by atomic mass is 10.1. The van der Waals surface area contributed by atoms with Gasteiger partial charge in [0.25, 0.3) is 0 Å². The lowest BCUT2D eigenvalue weighted by Crippen LogP contribution is -2.30. The van der Waals surface area contributed by atoms with Crippen LogP contribution in [0.25, 0.3) is 0 Å². The summed E-state index contributed by atoms with van der Waals surface area (Å²) in [7, 11) is -10.1. The number of unbranched alkanes of at least 4 members (excludes halogenated alkanes) is 5. The molecule has 17 nitrogen and oxygen atoms in total. The third-order valence-electron chi connectivity index (χ3n) is 15.5. The first-order valence-electron chi connectivity index (χ1n) is 40.9. The van der Waals surface area contributed by atoms with Crippen LogP contribution in [-0.4, -0.2) is 96.7 Å². The first kappa shape index (κ1) is 105. The molecule has 0 fully saturated rings. The van der Waals surface area contributed by atoms with Crippen LogP contribution < -0.4 is 0 Å². The summed E-state index contributed by atoms with van der Waals surface area (Å²) >= 11 is 0. The molecule has 5 atom stereocenters. The van der Waals surface area contributed by atoms with E-state index in [0.29, 0.717) is 44.9 Å². The van der Waals surface area contributed by atoms with Gasteiger partial charge < -0.3 is 33.8 Å². The maximum atomic E-state index is 13.1. The Labute approximate surface area is 675 Å². The summed E-state index contributed by atoms with van der Waals surface area (Å²) in [5, 5.41) is 10.7. The summed E-state index contributed by atoms with van der Waals surface area (Å²) in [5.41, 5.74) is 0. The Hall–Kier alpha value is -7.40. The minimum atomic E-state index is -5.03. The van der Waals surface area contributed by atoms with Gasteiger partial charge in [0.05, 0.1) is 26.4 Å².